The third kappa shape index (κ3) is 4.16. The van der Waals surface area contributed by atoms with Gasteiger partial charge in [0.15, 0.2) is 5.76 Å². The second-order valence-electron chi connectivity index (χ2n) is 8.20. The summed E-state index contributed by atoms with van der Waals surface area (Å²) in [6.45, 7) is 7.62. The van der Waals surface area contributed by atoms with E-state index in [1.807, 2.05) is 36.1 Å². The summed E-state index contributed by atoms with van der Waals surface area (Å²) < 4.78 is 5.78. The van der Waals surface area contributed by atoms with Gasteiger partial charge in [-0.15, -0.1) is 0 Å². The summed E-state index contributed by atoms with van der Waals surface area (Å²) >= 11 is 0. The fourth-order valence-electron chi connectivity index (χ4n) is 4.49. The maximum atomic E-state index is 13.0. The van der Waals surface area contributed by atoms with Gasteiger partial charge in [-0.05, 0) is 38.0 Å². The Bertz CT molecular complexity index is 901. The van der Waals surface area contributed by atoms with Crippen LogP contribution in [0.3, 0.4) is 0 Å². The molecule has 1 N–H and O–H groups in total. The number of carbonyl (C=O) groups excluding carboxylic acids is 2. The highest BCUT2D eigenvalue weighted by Crippen LogP contribution is 2.24. The number of fused-ring (bicyclic) bond motifs is 1. The molecule has 3 heterocycles. The highest BCUT2D eigenvalue weighted by atomic mass is 16.3. The maximum absolute atomic E-state index is 13.0. The number of likely N-dealkylation sites (tertiary alicyclic amines) is 1. The highest BCUT2D eigenvalue weighted by molar-refractivity contribution is 5.96. The second-order valence-corrected chi connectivity index (χ2v) is 8.20. The lowest BCUT2D eigenvalue weighted by Crippen LogP contribution is -2.54. The van der Waals surface area contributed by atoms with Gasteiger partial charge in [0.25, 0.3) is 5.91 Å². The van der Waals surface area contributed by atoms with Crippen LogP contribution < -0.4 is 0 Å². The van der Waals surface area contributed by atoms with E-state index < -0.39 is 6.10 Å². The molecule has 7 heteroatoms. The second kappa shape index (κ2) is 8.16. The fraction of sp³-hybridized carbons (Fsp3) is 0.545. The van der Waals surface area contributed by atoms with Crippen LogP contribution in [0, 0.1) is 6.92 Å². The van der Waals surface area contributed by atoms with E-state index in [2.05, 4.69) is 4.90 Å². The number of aryl methyl sites for hydroxylation is 1. The van der Waals surface area contributed by atoms with Crippen LogP contribution in [0.4, 0.5) is 0 Å². The summed E-state index contributed by atoms with van der Waals surface area (Å²) in [6.07, 6.45) is 0.782. The zero-order valence-electron chi connectivity index (χ0n) is 17.1. The highest BCUT2D eigenvalue weighted by Gasteiger charge is 2.33. The summed E-state index contributed by atoms with van der Waals surface area (Å²) in [7, 11) is 0. The number of nitrogens with zero attached hydrogens (tertiary/aromatic N) is 3. The predicted octanol–water partition coefficient (Wildman–Crippen LogP) is 1.87. The molecule has 0 aliphatic carbocycles. The van der Waals surface area contributed by atoms with Crippen LogP contribution in [-0.2, 0) is 4.79 Å². The Balaban J connectivity index is 1.42. The van der Waals surface area contributed by atoms with Crippen molar-refractivity contribution in [1.82, 2.24) is 14.7 Å². The molecule has 7 nitrogen and oxygen atoms in total. The first kappa shape index (κ1) is 19.9. The zero-order valence-corrected chi connectivity index (χ0v) is 17.1. The van der Waals surface area contributed by atoms with Crippen molar-refractivity contribution in [3.8, 4) is 0 Å². The van der Waals surface area contributed by atoms with Gasteiger partial charge in [0.05, 0.1) is 6.10 Å². The van der Waals surface area contributed by atoms with E-state index >= 15 is 0 Å². The van der Waals surface area contributed by atoms with Crippen LogP contribution in [0.25, 0.3) is 11.0 Å². The van der Waals surface area contributed by atoms with Crippen molar-refractivity contribution in [3.05, 3.63) is 35.6 Å². The number of amides is 2. The lowest BCUT2D eigenvalue weighted by Gasteiger charge is -2.40. The van der Waals surface area contributed by atoms with Gasteiger partial charge in [0.2, 0.25) is 5.91 Å². The van der Waals surface area contributed by atoms with E-state index in [1.165, 1.54) is 0 Å². The van der Waals surface area contributed by atoms with E-state index in [9.17, 15) is 14.7 Å². The first-order valence-electron chi connectivity index (χ1n) is 10.4. The maximum Gasteiger partial charge on any atom is 0.289 e. The molecule has 1 aromatic heterocycles. The first-order valence-corrected chi connectivity index (χ1v) is 10.4. The Labute approximate surface area is 170 Å². The minimum atomic E-state index is -0.477. The average Bonchev–Trinajstić information content (AvgIpc) is 3.03. The molecule has 2 aliphatic rings. The quantitative estimate of drug-likeness (QED) is 0.834. The van der Waals surface area contributed by atoms with Gasteiger partial charge in [-0.2, -0.15) is 0 Å². The summed E-state index contributed by atoms with van der Waals surface area (Å²) in [5.41, 5.74) is 1.85. The van der Waals surface area contributed by atoms with E-state index in [4.69, 9.17) is 4.42 Å². The van der Waals surface area contributed by atoms with Gasteiger partial charge in [-0.25, -0.2) is 0 Å². The molecule has 4 rings (SSSR count). The molecular weight excluding hydrogens is 370 g/mol. The smallest absolute Gasteiger partial charge is 0.289 e. The Morgan fingerprint density at radius 3 is 2.45 bits per heavy atom. The SMILES string of the molecule is CC(=O)N1CCN([C@H]2CCN(C(=O)c3cc4cc(C)ccc4o3)CC[C@@H]2O)CC1. The van der Waals surface area contributed by atoms with Gasteiger partial charge < -0.3 is 19.3 Å². The molecule has 156 valence electrons. The number of rotatable bonds is 2. The average molecular weight is 399 g/mol. The van der Waals surface area contributed by atoms with Gasteiger partial charge >= 0.3 is 0 Å². The molecule has 2 fully saturated rings. The minimum absolute atomic E-state index is 0.0141. The van der Waals surface area contributed by atoms with E-state index in [0.717, 1.165) is 29.6 Å². The molecule has 0 bridgehead atoms. The van der Waals surface area contributed by atoms with Crippen LogP contribution in [0.1, 0.15) is 35.9 Å². The number of carbonyl (C=O) groups is 2. The third-order valence-electron chi connectivity index (χ3n) is 6.23. The summed E-state index contributed by atoms with van der Waals surface area (Å²) in [4.78, 5) is 30.5. The molecule has 2 amide bonds. The van der Waals surface area contributed by atoms with Crippen molar-refractivity contribution >= 4 is 22.8 Å². The Morgan fingerprint density at radius 1 is 1.00 bits per heavy atom. The lowest BCUT2D eigenvalue weighted by molar-refractivity contribution is -0.131. The van der Waals surface area contributed by atoms with Gasteiger partial charge in [-0.1, -0.05) is 11.6 Å². The van der Waals surface area contributed by atoms with E-state index in [-0.39, 0.29) is 17.9 Å². The van der Waals surface area contributed by atoms with Gasteiger partial charge in [-0.3, -0.25) is 14.5 Å². The van der Waals surface area contributed by atoms with Crippen molar-refractivity contribution < 1.29 is 19.1 Å². The normalized spacial score (nSPS) is 24.0. The van der Waals surface area contributed by atoms with Crippen LogP contribution in [0.5, 0.6) is 0 Å². The third-order valence-corrected chi connectivity index (χ3v) is 6.23. The molecule has 0 unspecified atom stereocenters. The molecule has 2 saturated heterocycles. The number of benzene rings is 1. The molecule has 2 aliphatic heterocycles. The number of hydrogen-bond donors (Lipinski definition) is 1. The molecule has 0 radical (unpaired) electrons. The van der Waals surface area contributed by atoms with Crippen molar-refractivity contribution in [2.45, 2.75) is 38.8 Å². The van der Waals surface area contributed by atoms with Crippen molar-refractivity contribution in [2.75, 3.05) is 39.3 Å². The number of hydrogen-bond acceptors (Lipinski definition) is 5. The van der Waals surface area contributed by atoms with E-state index in [1.54, 1.807) is 11.8 Å². The molecule has 0 saturated carbocycles. The summed E-state index contributed by atoms with van der Waals surface area (Å²) in [5, 5.41) is 11.6. The molecule has 2 atom stereocenters. The van der Waals surface area contributed by atoms with Crippen LogP contribution >= 0.6 is 0 Å². The fourth-order valence-corrected chi connectivity index (χ4v) is 4.49. The summed E-state index contributed by atoms with van der Waals surface area (Å²) in [5.74, 6) is 0.338. The molecule has 2 aromatic rings. The number of aliphatic hydroxyl groups is 1. The molecule has 0 spiro atoms. The molecule has 1 aromatic carbocycles. The van der Waals surface area contributed by atoms with Crippen molar-refractivity contribution in [1.29, 1.82) is 0 Å². The minimum Gasteiger partial charge on any atom is -0.451 e. The molecular formula is C22H29N3O4. The first-order chi connectivity index (χ1) is 13.9. The zero-order chi connectivity index (χ0) is 20.5. The topological polar surface area (TPSA) is 77.2 Å². The Hall–Kier alpha value is -2.38. The van der Waals surface area contributed by atoms with Crippen molar-refractivity contribution in [3.63, 3.8) is 0 Å². The molecule has 29 heavy (non-hydrogen) atoms. The van der Waals surface area contributed by atoms with Crippen LogP contribution in [0.2, 0.25) is 0 Å². The number of aliphatic hydroxyl groups excluding tert-OH is 1. The summed E-state index contributed by atoms with van der Waals surface area (Å²) in [6, 6.07) is 7.70. The Kier molecular flexibility index (Phi) is 5.61. The van der Waals surface area contributed by atoms with E-state index in [0.29, 0.717) is 44.8 Å². The largest absolute Gasteiger partial charge is 0.451 e. The van der Waals surface area contributed by atoms with Gasteiger partial charge in [0.1, 0.15) is 5.58 Å². The Morgan fingerprint density at radius 2 is 1.72 bits per heavy atom. The van der Waals surface area contributed by atoms with Crippen molar-refractivity contribution in [2.24, 2.45) is 0 Å². The van der Waals surface area contributed by atoms with Gasteiger partial charge in [0, 0.05) is 57.6 Å². The lowest BCUT2D eigenvalue weighted by atomic mass is 10.0. The van der Waals surface area contributed by atoms with Crippen LogP contribution in [-0.4, -0.2) is 83.0 Å². The monoisotopic (exact) mass is 399 g/mol. The standard InChI is InChI=1S/C22H29N3O4/c1-15-3-4-20-17(13-15)14-21(29-20)22(28)25-7-5-18(19(27)6-8-25)24-11-9-23(10-12-24)16(2)26/h3-4,13-14,18-19,27H,5-12H2,1-2H3/t18-,19-/m0/s1. The predicted molar refractivity (Wildman–Crippen MR) is 110 cm³/mol. The number of furan rings is 1. The number of piperazine rings is 1. The van der Waals surface area contributed by atoms with Crippen LogP contribution in [0.15, 0.2) is 28.7 Å².